The number of rotatable bonds is 7. The van der Waals surface area contributed by atoms with Crippen LogP contribution in [0, 0.1) is 0 Å². The molecule has 3 rings (SSSR count). The first-order valence-electron chi connectivity index (χ1n) is 10.8. The van der Waals surface area contributed by atoms with Crippen molar-refractivity contribution in [3.8, 4) is 0 Å². The topological polar surface area (TPSA) is 56.7 Å². The highest BCUT2D eigenvalue weighted by atomic mass is 127. The average Bonchev–Trinajstić information content (AvgIpc) is 2.78. The molecule has 6 heteroatoms. The van der Waals surface area contributed by atoms with Crippen molar-refractivity contribution >= 4 is 46.6 Å². The predicted molar refractivity (Wildman–Crippen MR) is 145 cm³/mol. The Bertz CT molecular complexity index is 1060. The third kappa shape index (κ3) is 6.95. The monoisotopic (exact) mass is 544 g/mol. The smallest absolute Gasteiger partial charge is 0.253 e. The highest BCUT2D eigenvalue weighted by molar-refractivity contribution is 14.0. The van der Waals surface area contributed by atoms with Crippen LogP contribution in [0.5, 0.6) is 0 Å². The molecular formula is C26H33IN4O. The van der Waals surface area contributed by atoms with Crippen molar-refractivity contribution in [3.63, 3.8) is 0 Å². The number of halogens is 1. The van der Waals surface area contributed by atoms with Crippen molar-refractivity contribution in [1.82, 2.24) is 15.5 Å². The molecule has 0 saturated carbocycles. The van der Waals surface area contributed by atoms with Gasteiger partial charge in [-0.2, -0.15) is 0 Å². The molecule has 3 aromatic rings. The molecule has 1 amide bonds. The number of nitrogens with zero attached hydrogens (tertiary/aromatic N) is 2. The van der Waals surface area contributed by atoms with Gasteiger partial charge in [0.25, 0.3) is 5.91 Å². The molecule has 0 aliphatic rings. The third-order valence-electron chi connectivity index (χ3n) is 5.22. The van der Waals surface area contributed by atoms with Crippen molar-refractivity contribution in [2.24, 2.45) is 4.99 Å². The van der Waals surface area contributed by atoms with Crippen LogP contribution in [0.4, 0.5) is 0 Å². The van der Waals surface area contributed by atoms with Crippen LogP contribution in [0.25, 0.3) is 10.8 Å². The summed E-state index contributed by atoms with van der Waals surface area (Å²) in [5.74, 6) is 0.813. The van der Waals surface area contributed by atoms with Crippen LogP contribution in [0.15, 0.2) is 71.7 Å². The van der Waals surface area contributed by atoms with Crippen LogP contribution in [-0.2, 0) is 6.42 Å². The molecule has 1 atom stereocenters. The molecule has 0 saturated heterocycles. The molecular weight excluding hydrogens is 511 g/mol. The minimum atomic E-state index is 0. The van der Waals surface area contributed by atoms with Gasteiger partial charge < -0.3 is 15.5 Å². The lowest BCUT2D eigenvalue weighted by atomic mass is 10.0. The van der Waals surface area contributed by atoms with Crippen LogP contribution in [0.1, 0.15) is 41.4 Å². The van der Waals surface area contributed by atoms with Crippen molar-refractivity contribution in [2.45, 2.75) is 26.3 Å². The minimum absolute atomic E-state index is 0. The first-order chi connectivity index (χ1) is 15.0. The van der Waals surface area contributed by atoms with E-state index in [0.717, 1.165) is 24.5 Å². The predicted octanol–water partition coefficient (Wildman–Crippen LogP) is 5.02. The summed E-state index contributed by atoms with van der Waals surface area (Å²) in [6, 6.07) is 22.9. The lowest BCUT2D eigenvalue weighted by Gasteiger charge is -2.19. The van der Waals surface area contributed by atoms with Gasteiger partial charge in [-0.3, -0.25) is 9.79 Å². The molecule has 0 bridgehead atoms. The van der Waals surface area contributed by atoms with Gasteiger partial charge in [0.1, 0.15) is 0 Å². The molecule has 2 N–H and O–H groups in total. The fourth-order valence-corrected chi connectivity index (χ4v) is 3.50. The van der Waals surface area contributed by atoms with Gasteiger partial charge in [-0.25, -0.2) is 0 Å². The Morgan fingerprint density at radius 1 is 1.00 bits per heavy atom. The maximum atomic E-state index is 12.2. The van der Waals surface area contributed by atoms with E-state index in [1.54, 1.807) is 19.0 Å². The number of carbonyl (C=O) groups excluding carboxylic acids is 1. The fraction of sp³-hybridized carbons (Fsp3) is 0.308. The summed E-state index contributed by atoms with van der Waals surface area (Å²) in [4.78, 5) is 18.5. The highest BCUT2D eigenvalue weighted by Gasteiger charge is 2.10. The molecule has 1 unspecified atom stereocenters. The van der Waals surface area contributed by atoms with E-state index in [0.29, 0.717) is 12.1 Å². The summed E-state index contributed by atoms with van der Waals surface area (Å²) in [6.07, 6.45) is 0.773. The van der Waals surface area contributed by atoms with E-state index < -0.39 is 0 Å². The first-order valence-corrected chi connectivity index (χ1v) is 10.8. The molecule has 170 valence electrons. The maximum Gasteiger partial charge on any atom is 0.253 e. The Kier molecular flexibility index (Phi) is 9.97. The van der Waals surface area contributed by atoms with E-state index in [9.17, 15) is 4.79 Å². The number of benzene rings is 3. The number of guanidine groups is 1. The van der Waals surface area contributed by atoms with Crippen LogP contribution in [0.3, 0.4) is 0 Å². The number of hydrogen-bond acceptors (Lipinski definition) is 2. The average molecular weight is 544 g/mol. The standard InChI is InChI=1S/C26H32N4O.HI/c1-5-27-26(28-16-15-20-9-8-12-24(17-20)25(31)30(3)4)29-19(2)22-14-13-21-10-6-7-11-23(21)18-22;/h6-14,17-19H,5,15-16H2,1-4H3,(H2,27,28,29);1H. The molecule has 0 aliphatic heterocycles. The molecule has 0 aliphatic carbocycles. The quantitative estimate of drug-likeness (QED) is 0.250. The van der Waals surface area contributed by atoms with Gasteiger partial charge in [0, 0.05) is 32.7 Å². The zero-order chi connectivity index (χ0) is 22.2. The Labute approximate surface area is 208 Å². The first kappa shape index (κ1) is 25.6. The Morgan fingerprint density at radius 3 is 2.47 bits per heavy atom. The molecule has 32 heavy (non-hydrogen) atoms. The molecule has 3 aromatic carbocycles. The SMILES string of the molecule is CCNC(=NCCc1cccc(C(=O)N(C)C)c1)NC(C)c1ccc2ccccc2c1.I. The van der Waals surface area contributed by atoms with E-state index in [1.165, 1.54) is 16.3 Å². The number of hydrogen-bond donors (Lipinski definition) is 2. The minimum Gasteiger partial charge on any atom is -0.357 e. The summed E-state index contributed by atoms with van der Waals surface area (Å²) in [5.41, 5.74) is 3.04. The second kappa shape index (κ2) is 12.4. The fourth-order valence-electron chi connectivity index (χ4n) is 3.50. The number of amides is 1. The Morgan fingerprint density at radius 2 is 1.75 bits per heavy atom. The van der Waals surface area contributed by atoms with Crippen LogP contribution in [0.2, 0.25) is 0 Å². The van der Waals surface area contributed by atoms with E-state index in [1.807, 2.05) is 24.3 Å². The van der Waals surface area contributed by atoms with E-state index in [-0.39, 0.29) is 35.9 Å². The molecule has 0 aromatic heterocycles. The Hall–Kier alpha value is -2.61. The summed E-state index contributed by atoms with van der Waals surface area (Å²) in [5, 5.41) is 9.32. The normalized spacial score (nSPS) is 12.1. The van der Waals surface area contributed by atoms with Gasteiger partial charge in [-0.15, -0.1) is 24.0 Å². The molecule has 0 spiro atoms. The number of aliphatic imine (C=N–C) groups is 1. The van der Waals surface area contributed by atoms with Gasteiger partial charge in [-0.05, 0) is 60.4 Å². The molecule has 0 heterocycles. The van der Waals surface area contributed by atoms with E-state index in [4.69, 9.17) is 4.99 Å². The van der Waals surface area contributed by atoms with Crippen molar-refractivity contribution in [1.29, 1.82) is 0 Å². The van der Waals surface area contributed by atoms with E-state index >= 15 is 0 Å². The van der Waals surface area contributed by atoms with Crippen LogP contribution < -0.4 is 10.6 Å². The number of carbonyl (C=O) groups is 1. The van der Waals surface area contributed by atoms with Gasteiger partial charge in [0.2, 0.25) is 0 Å². The lowest BCUT2D eigenvalue weighted by Crippen LogP contribution is -2.38. The van der Waals surface area contributed by atoms with Crippen molar-refractivity contribution < 1.29 is 4.79 Å². The second-order valence-electron chi connectivity index (χ2n) is 7.88. The van der Waals surface area contributed by atoms with Gasteiger partial charge in [-0.1, -0.05) is 48.5 Å². The molecule has 5 nitrogen and oxygen atoms in total. The number of nitrogens with one attached hydrogen (secondary N) is 2. The summed E-state index contributed by atoms with van der Waals surface area (Å²) in [6.45, 7) is 5.64. The second-order valence-corrected chi connectivity index (χ2v) is 7.88. The highest BCUT2D eigenvalue weighted by Crippen LogP contribution is 2.20. The summed E-state index contributed by atoms with van der Waals surface area (Å²) in [7, 11) is 3.54. The lowest BCUT2D eigenvalue weighted by molar-refractivity contribution is 0.0827. The third-order valence-corrected chi connectivity index (χ3v) is 5.22. The van der Waals surface area contributed by atoms with Gasteiger partial charge in [0.15, 0.2) is 5.96 Å². The summed E-state index contributed by atoms with van der Waals surface area (Å²) >= 11 is 0. The zero-order valence-electron chi connectivity index (χ0n) is 19.3. The van der Waals surface area contributed by atoms with Crippen LogP contribution >= 0.6 is 24.0 Å². The zero-order valence-corrected chi connectivity index (χ0v) is 21.6. The maximum absolute atomic E-state index is 12.2. The van der Waals surface area contributed by atoms with Gasteiger partial charge in [0.05, 0.1) is 6.04 Å². The van der Waals surface area contributed by atoms with E-state index in [2.05, 4.69) is 66.9 Å². The number of fused-ring (bicyclic) bond motifs is 1. The largest absolute Gasteiger partial charge is 0.357 e. The van der Waals surface area contributed by atoms with Crippen molar-refractivity contribution in [3.05, 3.63) is 83.4 Å². The van der Waals surface area contributed by atoms with Gasteiger partial charge >= 0.3 is 0 Å². The molecule has 0 radical (unpaired) electrons. The Balaban J connectivity index is 0.00000363. The van der Waals surface area contributed by atoms with Crippen molar-refractivity contribution in [2.75, 3.05) is 27.2 Å². The molecule has 0 fully saturated rings. The van der Waals surface area contributed by atoms with Crippen LogP contribution in [-0.4, -0.2) is 44.0 Å². The summed E-state index contributed by atoms with van der Waals surface area (Å²) < 4.78 is 0.